The normalized spacial score (nSPS) is 14.4. The molecule has 35 heavy (non-hydrogen) atoms. The predicted molar refractivity (Wildman–Crippen MR) is 131 cm³/mol. The molecule has 1 aliphatic heterocycles. The third kappa shape index (κ3) is 6.31. The minimum atomic E-state index is -0.445. The summed E-state index contributed by atoms with van der Waals surface area (Å²) in [5.74, 6) is 0.273. The Morgan fingerprint density at radius 1 is 1.26 bits per heavy atom. The van der Waals surface area contributed by atoms with Crippen LogP contribution >= 0.6 is 0 Å². The van der Waals surface area contributed by atoms with E-state index in [1.54, 1.807) is 18.2 Å². The molecule has 0 spiro atoms. The van der Waals surface area contributed by atoms with E-state index in [0.29, 0.717) is 18.1 Å². The lowest BCUT2D eigenvalue weighted by Gasteiger charge is -2.26. The first-order valence-corrected chi connectivity index (χ1v) is 11.7. The van der Waals surface area contributed by atoms with E-state index in [9.17, 15) is 14.4 Å². The molecule has 1 aliphatic rings. The van der Waals surface area contributed by atoms with Crippen LogP contribution in [0.15, 0.2) is 40.1 Å². The lowest BCUT2D eigenvalue weighted by molar-refractivity contribution is -0.122. The number of nitrogens with one attached hydrogen (secondary N) is 2. The molecular formula is C24H30N6O5. The highest BCUT2D eigenvalue weighted by molar-refractivity contribution is 5.80. The lowest BCUT2D eigenvalue weighted by atomic mass is 10.2. The molecule has 0 unspecified atom stereocenters. The summed E-state index contributed by atoms with van der Waals surface area (Å²) in [6, 6.07) is 6.05. The molecule has 1 saturated heterocycles. The summed E-state index contributed by atoms with van der Waals surface area (Å²) in [7, 11) is 0. The Kier molecular flexibility index (Phi) is 7.88. The summed E-state index contributed by atoms with van der Waals surface area (Å²) in [6.45, 7) is 8.14. The second-order valence-corrected chi connectivity index (χ2v) is 8.68. The van der Waals surface area contributed by atoms with E-state index < -0.39 is 5.56 Å². The fourth-order valence-electron chi connectivity index (χ4n) is 3.91. The van der Waals surface area contributed by atoms with Crippen molar-refractivity contribution in [1.82, 2.24) is 29.7 Å². The number of ether oxygens (including phenoxy) is 2. The number of hydrogen-bond acceptors (Lipinski definition) is 8. The molecule has 3 aromatic rings. The topological polar surface area (TPSA) is 131 Å². The van der Waals surface area contributed by atoms with Gasteiger partial charge in [0.25, 0.3) is 5.56 Å². The van der Waals surface area contributed by atoms with Crippen LogP contribution in [0.2, 0.25) is 0 Å². The summed E-state index contributed by atoms with van der Waals surface area (Å²) >= 11 is 0. The van der Waals surface area contributed by atoms with Gasteiger partial charge >= 0.3 is 0 Å². The van der Waals surface area contributed by atoms with Gasteiger partial charge in [-0.2, -0.15) is 0 Å². The highest BCUT2D eigenvalue weighted by atomic mass is 16.5. The molecule has 0 aromatic carbocycles. The predicted octanol–water partition coefficient (Wildman–Crippen LogP) is 0.773. The van der Waals surface area contributed by atoms with Gasteiger partial charge in [-0.15, -0.1) is 0 Å². The Balaban J connectivity index is 1.60. The number of hydrogen-bond donors (Lipinski definition) is 2. The number of morpholine rings is 1. The third-order valence-corrected chi connectivity index (χ3v) is 5.54. The maximum Gasteiger partial charge on any atom is 0.263 e. The fraction of sp³-hybridized carbons (Fsp3) is 0.458. The van der Waals surface area contributed by atoms with Crippen LogP contribution in [0.4, 0.5) is 0 Å². The minimum Gasteiger partial charge on any atom is -0.492 e. The van der Waals surface area contributed by atoms with Gasteiger partial charge in [-0.25, -0.2) is 9.97 Å². The van der Waals surface area contributed by atoms with Gasteiger partial charge in [0.15, 0.2) is 11.5 Å². The van der Waals surface area contributed by atoms with Crippen molar-refractivity contribution in [3.05, 3.63) is 51.2 Å². The highest BCUT2D eigenvalue weighted by Crippen LogP contribution is 2.19. The van der Waals surface area contributed by atoms with E-state index >= 15 is 0 Å². The van der Waals surface area contributed by atoms with Gasteiger partial charge in [-0.3, -0.25) is 23.9 Å². The third-order valence-electron chi connectivity index (χ3n) is 5.54. The van der Waals surface area contributed by atoms with Crippen molar-refractivity contribution in [2.75, 3.05) is 39.5 Å². The number of carbonyl (C=O) groups excluding carboxylic acids is 1. The van der Waals surface area contributed by atoms with Gasteiger partial charge in [0.2, 0.25) is 11.5 Å². The number of H-pyrrole nitrogens is 1. The number of aromatic nitrogens is 4. The van der Waals surface area contributed by atoms with Crippen molar-refractivity contribution < 1.29 is 14.3 Å². The van der Waals surface area contributed by atoms with Gasteiger partial charge in [0.1, 0.15) is 12.3 Å². The molecule has 0 bridgehead atoms. The molecule has 1 fully saturated rings. The molecule has 11 heteroatoms. The fourth-order valence-corrected chi connectivity index (χ4v) is 3.91. The molecule has 0 radical (unpaired) electrons. The molecule has 186 valence electrons. The Morgan fingerprint density at radius 3 is 2.80 bits per heavy atom. The molecule has 1 amide bonds. The largest absolute Gasteiger partial charge is 0.492 e. The van der Waals surface area contributed by atoms with Crippen molar-refractivity contribution >= 4 is 16.9 Å². The first-order chi connectivity index (χ1) is 16.9. The molecule has 0 atom stereocenters. The summed E-state index contributed by atoms with van der Waals surface area (Å²) in [5.41, 5.74) is -0.265. The second-order valence-electron chi connectivity index (χ2n) is 8.68. The van der Waals surface area contributed by atoms with Crippen molar-refractivity contribution in [2.45, 2.75) is 32.9 Å². The van der Waals surface area contributed by atoms with Gasteiger partial charge in [-0.05, 0) is 32.4 Å². The van der Waals surface area contributed by atoms with Crippen LogP contribution in [-0.2, 0) is 16.1 Å². The molecular weight excluding hydrogens is 452 g/mol. The number of rotatable bonds is 9. The maximum absolute atomic E-state index is 13.5. The van der Waals surface area contributed by atoms with Gasteiger partial charge in [-0.1, -0.05) is 6.07 Å². The number of nitrogens with zero attached hydrogens (tertiary/aromatic N) is 4. The Morgan fingerprint density at radius 2 is 2.06 bits per heavy atom. The zero-order valence-corrected chi connectivity index (χ0v) is 20.0. The zero-order chi connectivity index (χ0) is 24.8. The van der Waals surface area contributed by atoms with Crippen LogP contribution in [0.3, 0.4) is 0 Å². The van der Waals surface area contributed by atoms with E-state index in [1.165, 1.54) is 16.8 Å². The number of pyridine rings is 2. The second kappa shape index (κ2) is 11.2. The maximum atomic E-state index is 13.5. The molecule has 11 nitrogen and oxygen atoms in total. The number of amides is 1. The standard InChI is InChI=1S/C24H30N6O5/c1-16(2)26-21(32)15-30-23(19-5-3-6-20(31)27-19)28-22-18(24(30)33)13-17(14-25-22)35-10-4-7-29-8-11-34-12-9-29/h3,5-6,13-14,16H,4,7-12,15H2,1-2H3,(H,26,32)(H,27,31). The number of aromatic amines is 1. The molecule has 0 saturated carbocycles. The summed E-state index contributed by atoms with van der Waals surface area (Å²) in [4.78, 5) is 51.7. The number of fused-ring (bicyclic) bond motifs is 1. The van der Waals surface area contributed by atoms with E-state index in [-0.39, 0.29) is 40.9 Å². The van der Waals surface area contributed by atoms with Gasteiger partial charge in [0, 0.05) is 31.7 Å². The van der Waals surface area contributed by atoms with Crippen LogP contribution < -0.4 is 21.2 Å². The van der Waals surface area contributed by atoms with Crippen LogP contribution in [0.5, 0.6) is 5.75 Å². The van der Waals surface area contributed by atoms with Crippen molar-refractivity contribution in [3.8, 4) is 17.3 Å². The average molecular weight is 483 g/mol. The van der Waals surface area contributed by atoms with Crippen LogP contribution in [0.25, 0.3) is 22.6 Å². The quantitative estimate of drug-likeness (QED) is 0.428. The monoisotopic (exact) mass is 482 g/mol. The van der Waals surface area contributed by atoms with Gasteiger partial charge < -0.3 is 19.8 Å². The first kappa shape index (κ1) is 24.6. The minimum absolute atomic E-state index is 0.0919. The van der Waals surface area contributed by atoms with E-state index in [1.807, 2.05) is 13.8 Å². The Hall–Kier alpha value is -3.57. The molecule has 0 aliphatic carbocycles. The van der Waals surface area contributed by atoms with Gasteiger partial charge in [0.05, 0.1) is 37.1 Å². The smallest absolute Gasteiger partial charge is 0.263 e. The average Bonchev–Trinajstić information content (AvgIpc) is 2.84. The van der Waals surface area contributed by atoms with Crippen molar-refractivity contribution in [1.29, 1.82) is 0 Å². The highest BCUT2D eigenvalue weighted by Gasteiger charge is 2.18. The molecule has 4 heterocycles. The molecule has 3 aromatic heterocycles. The first-order valence-electron chi connectivity index (χ1n) is 11.7. The van der Waals surface area contributed by atoms with E-state index in [2.05, 4.69) is 25.2 Å². The number of carbonyl (C=O) groups is 1. The molecule has 2 N–H and O–H groups in total. The Labute approximate surface area is 202 Å². The van der Waals surface area contributed by atoms with Crippen molar-refractivity contribution in [3.63, 3.8) is 0 Å². The van der Waals surface area contributed by atoms with Crippen molar-refractivity contribution in [2.24, 2.45) is 0 Å². The van der Waals surface area contributed by atoms with E-state index in [4.69, 9.17) is 9.47 Å². The van der Waals surface area contributed by atoms with Crippen LogP contribution in [0, 0.1) is 0 Å². The van der Waals surface area contributed by atoms with E-state index in [0.717, 1.165) is 39.3 Å². The summed E-state index contributed by atoms with van der Waals surface area (Å²) in [6.07, 6.45) is 2.35. The lowest BCUT2D eigenvalue weighted by Crippen LogP contribution is -2.37. The summed E-state index contributed by atoms with van der Waals surface area (Å²) < 4.78 is 12.4. The van der Waals surface area contributed by atoms with Crippen LogP contribution in [-0.4, -0.2) is 75.8 Å². The zero-order valence-electron chi connectivity index (χ0n) is 20.0. The summed E-state index contributed by atoms with van der Waals surface area (Å²) in [5, 5.41) is 3.01. The van der Waals surface area contributed by atoms with Crippen LogP contribution in [0.1, 0.15) is 20.3 Å². The SMILES string of the molecule is CC(C)NC(=O)Cn1c(-c2cccc(=O)[nH]2)nc2ncc(OCCCN3CCOCC3)cc2c1=O. The molecule has 4 rings (SSSR count). The Bertz CT molecular complexity index is 1300.